The van der Waals surface area contributed by atoms with Gasteiger partial charge in [0.25, 0.3) is 0 Å². The molecular formula is C14H28NO4. The Kier molecular flexibility index (Phi) is 12.0. The first-order chi connectivity index (χ1) is 9.11. The third-order valence-electron chi connectivity index (χ3n) is 3.23. The molecule has 2 N–H and O–H groups in total. The van der Waals surface area contributed by atoms with Gasteiger partial charge in [0.2, 0.25) is 5.91 Å². The topological polar surface area (TPSA) is 80.7 Å². The van der Waals surface area contributed by atoms with Crippen LogP contribution in [-0.4, -0.2) is 53.4 Å². The summed E-state index contributed by atoms with van der Waals surface area (Å²) in [4.78, 5) is 12.8. The fourth-order valence-electron chi connectivity index (χ4n) is 2.01. The number of rotatable bonds is 12. The van der Waals surface area contributed by atoms with E-state index in [1.54, 1.807) is 4.90 Å². The van der Waals surface area contributed by atoms with E-state index in [0.717, 1.165) is 38.5 Å². The molecule has 0 rings (SSSR count). The molecule has 0 fully saturated rings. The number of hydrogen-bond donors (Lipinski definition) is 2. The number of hydrogen-bond acceptors (Lipinski definition) is 3. The minimum Gasteiger partial charge on any atom is -0.395 e. The molecule has 0 aliphatic heterocycles. The van der Waals surface area contributed by atoms with Crippen molar-refractivity contribution in [2.75, 3.05) is 26.3 Å². The number of carbonyl (C=O) groups excluding carboxylic acids is 1. The van der Waals surface area contributed by atoms with E-state index in [1.807, 2.05) is 0 Å². The Morgan fingerprint density at radius 2 is 1.68 bits per heavy atom. The average molecular weight is 274 g/mol. The van der Waals surface area contributed by atoms with Crippen LogP contribution in [0.25, 0.3) is 0 Å². The number of amides is 1. The third kappa shape index (κ3) is 10.9. The minimum atomic E-state index is -0.389. The Morgan fingerprint density at radius 1 is 1.05 bits per heavy atom. The van der Waals surface area contributed by atoms with Gasteiger partial charge < -0.3 is 15.1 Å². The van der Waals surface area contributed by atoms with Crippen molar-refractivity contribution in [3.05, 3.63) is 0 Å². The first kappa shape index (κ1) is 18.4. The van der Waals surface area contributed by atoms with Crippen LogP contribution in [0.5, 0.6) is 0 Å². The van der Waals surface area contributed by atoms with Gasteiger partial charge in [-0.3, -0.25) is 4.79 Å². The van der Waals surface area contributed by atoms with Gasteiger partial charge in [0.1, 0.15) is 0 Å². The van der Waals surface area contributed by atoms with E-state index >= 15 is 0 Å². The summed E-state index contributed by atoms with van der Waals surface area (Å²) in [5, 5.41) is 28.9. The third-order valence-corrected chi connectivity index (χ3v) is 3.23. The van der Waals surface area contributed by atoms with Gasteiger partial charge >= 0.3 is 0 Å². The molecule has 1 unspecified atom stereocenters. The molecule has 0 saturated carbocycles. The summed E-state index contributed by atoms with van der Waals surface area (Å²) < 4.78 is 0. The lowest BCUT2D eigenvalue weighted by Crippen LogP contribution is -2.34. The molecule has 0 aromatic heterocycles. The molecule has 1 radical (unpaired) electrons. The van der Waals surface area contributed by atoms with Gasteiger partial charge in [-0.05, 0) is 19.3 Å². The van der Waals surface area contributed by atoms with E-state index in [2.05, 4.69) is 0 Å². The molecule has 0 aliphatic carbocycles. The molecule has 5 heteroatoms. The summed E-state index contributed by atoms with van der Waals surface area (Å²) in [6.07, 6.45) is 5.69. The van der Waals surface area contributed by atoms with Gasteiger partial charge in [-0.25, -0.2) is 5.11 Å². The number of carbonyl (C=O) groups is 1. The van der Waals surface area contributed by atoms with Gasteiger partial charge in [0.05, 0.1) is 19.3 Å². The van der Waals surface area contributed by atoms with Gasteiger partial charge in [-0.1, -0.05) is 25.7 Å². The van der Waals surface area contributed by atoms with Crippen LogP contribution in [0.1, 0.15) is 51.9 Å². The first-order valence-electron chi connectivity index (χ1n) is 7.24. The van der Waals surface area contributed by atoms with Crippen molar-refractivity contribution < 1.29 is 20.1 Å². The second-order valence-corrected chi connectivity index (χ2v) is 4.93. The van der Waals surface area contributed by atoms with Gasteiger partial charge in [-0.2, -0.15) is 0 Å². The second kappa shape index (κ2) is 12.4. The van der Waals surface area contributed by atoms with E-state index in [-0.39, 0.29) is 25.2 Å². The molecule has 1 amide bonds. The molecule has 0 spiro atoms. The van der Waals surface area contributed by atoms with E-state index in [9.17, 15) is 15.0 Å². The Bertz CT molecular complexity index is 223. The minimum absolute atomic E-state index is 0.00830. The lowest BCUT2D eigenvalue weighted by Gasteiger charge is -2.21. The summed E-state index contributed by atoms with van der Waals surface area (Å²) in [6.45, 7) is 2.26. The highest BCUT2D eigenvalue weighted by atomic mass is 16.3. The fraction of sp³-hybridized carbons (Fsp3) is 0.929. The number of unbranched alkanes of at least 4 members (excludes halogenated alkanes) is 4. The van der Waals surface area contributed by atoms with Crippen molar-refractivity contribution in [3.8, 4) is 0 Å². The monoisotopic (exact) mass is 274 g/mol. The maximum Gasteiger partial charge on any atom is 0.219 e. The molecule has 5 nitrogen and oxygen atoms in total. The van der Waals surface area contributed by atoms with Crippen molar-refractivity contribution in [2.24, 2.45) is 0 Å². The van der Waals surface area contributed by atoms with Crippen LogP contribution in [0, 0.1) is 0 Å². The maximum atomic E-state index is 11.2. The zero-order valence-corrected chi connectivity index (χ0v) is 12.0. The quantitative estimate of drug-likeness (QED) is 0.527. The van der Waals surface area contributed by atoms with E-state index in [4.69, 9.17) is 5.11 Å². The van der Waals surface area contributed by atoms with Crippen LogP contribution in [0.2, 0.25) is 0 Å². The van der Waals surface area contributed by atoms with Crippen molar-refractivity contribution >= 4 is 5.91 Å². The molecule has 19 heavy (non-hydrogen) atoms. The van der Waals surface area contributed by atoms with Crippen molar-refractivity contribution in [1.29, 1.82) is 0 Å². The van der Waals surface area contributed by atoms with E-state index < -0.39 is 0 Å². The first-order valence-corrected chi connectivity index (χ1v) is 7.24. The normalized spacial score (nSPS) is 12.4. The second-order valence-electron chi connectivity index (χ2n) is 4.93. The number of aliphatic hydroxyl groups is 2. The molecule has 0 aromatic carbocycles. The van der Waals surface area contributed by atoms with Gasteiger partial charge in [-0.15, -0.1) is 0 Å². The van der Waals surface area contributed by atoms with Crippen molar-refractivity contribution in [3.63, 3.8) is 0 Å². The lowest BCUT2D eigenvalue weighted by atomic mass is 10.1. The predicted molar refractivity (Wildman–Crippen MR) is 73.2 cm³/mol. The summed E-state index contributed by atoms with van der Waals surface area (Å²) in [5.74, 6) is -0.0705. The van der Waals surface area contributed by atoms with Gasteiger partial charge in [0, 0.05) is 20.0 Å². The van der Waals surface area contributed by atoms with Crippen LogP contribution in [0.15, 0.2) is 0 Å². The molecule has 1 atom stereocenters. The molecule has 0 aliphatic rings. The summed E-state index contributed by atoms with van der Waals surface area (Å²) in [5.41, 5.74) is 0. The van der Waals surface area contributed by atoms with E-state index in [1.165, 1.54) is 6.92 Å². The van der Waals surface area contributed by atoms with Gasteiger partial charge in [0.15, 0.2) is 0 Å². The summed E-state index contributed by atoms with van der Waals surface area (Å²) >= 11 is 0. The molecule has 0 aromatic rings. The molecule has 0 heterocycles. The molecule has 0 saturated heterocycles. The zero-order chi connectivity index (χ0) is 14.5. The lowest BCUT2D eigenvalue weighted by molar-refractivity contribution is -0.129. The van der Waals surface area contributed by atoms with Crippen LogP contribution in [0.3, 0.4) is 0 Å². The molecular weight excluding hydrogens is 246 g/mol. The SMILES string of the molecule is CC(=O)N(CCO)CCC(O)CCCCCCC[O]. The Morgan fingerprint density at radius 3 is 2.26 bits per heavy atom. The highest BCUT2D eigenvalue weighted by molar-refractivity contribution is 5.73. The highest BCUT2D eigenvalue weighted by Gasteiger charge is 2.11. The maximum absolute atomic E-state index is 11.2. The summed E-state index contributed by atoms with van der Waals surface area (Å²) in [7, 11) is 0. The Balaban J connectivity index is 3.56. The predicted octanol–water partition coefficient (Wildman–Crippen LogP) is 1.35. The largest absolute Gasteiger partial charge is 0.395 e. The molecule has 113 valence electrons. The Hall–Kier alpha value is -0.650. The fourth-order valence-corrected chi connectivity index (χ4v) is 2.01. The zero-order valence-electron chi connectivity index (χ0n) is 12.0. The van der Waals surface area contributed by atoms with Crippen molar-refractivity contribution in [2.45, 2.75) is 58.0 Å². The van der Waals surface area contributed by atoms with E-state index in [0.29, 0.717) is 19.5 Å². The van der Waals surface area contributed by atoms with Crippen LogP contribution >= 0.6 is 0 Å². The van der Waals surface area contributed by atoms with Crippen molar-refractivity contribution in [1.82, 2.24) is 4.90 Å². The highest BCUT2D eigenvalue weighted by Crippen LogP contribution is 2.10. The summed E-state index contributed by atoms with van der Waals surface area (Å²) in [6, 6.07) is 0. The number of nitrogens with zero attached hydrogens (tertiary/aromatic N) is 1. The van der Waals surface area contributed by atoms with Crippen LogP contribution in [0.4, 0.5) is 0 Å². The van der Waals surface area contributed by atoms with Crippen LogP contribution < -0.4 is 0 Å². The van der Waals surface area contributed by atoms with Crippen LogP contribution in [-0.2, 0) is 9.90 Å². The molecule has 0 bridgehead atoms. The average Bonchev–Trinajstić information content (AvgIpc) is 2.38. The number of aliphatic hydroxyl groups excluding tert-OH is 2. The standard InChI is InChI=1S/C14H28NO4/c1-13(18)15(10-12-17)9-8-14(19)7-5-3-2-4-6-11-16/h14,17,19H,2-12H2,1H3. The Labute approximate surface area is 116 Å². The smallest absolute Gasteiger partial charge is 0.219 e.